The molecule has 0 saturated heterocycles. The lowest BCUT2D eigenvalue weighted by Crippen LogP contribution is -2.30. The van der Waals surface area contributed by atoms with Gasteiger partial charge in [0.2, 0.25) is 0 Å². The van der Waals surface area contributed by atoms with E-state index in [2.05, 4.69) is 17.4 Å². The summed E-state index contributed by atoms with van der Waals surface area (Å²) in [5, 5.41) is 6.75. The number of hydrogen-bond donors (Lipinski definition) is 1. The van der Waals surface area contributed by atoms with Crippen LogP contribution < -0.4 is 5.32 Å². The molecule has 3 aromatic rings. The number of ether oxygens (including phenoxy) is 1. The van der Waals surface area contributed by atoms with E-state index in [9.17, 15) is 9.59 Å². The number of carbonyl (C=O) groups excluding carboxylic acids is 2. The van der Waals surface area contributed by atoms with Gasteiger partial charge in [-0.2, -0.15) is 0 Å². The Hall–Kier alpha value is -3.06. The molecule has 0 aliphatic carbocycles. The Morgan fingerprint density at radius 3 is 2.48 bits per heavy atom. The molecule has 7 heteroatoms. The minimum Gasteiger partial charge on any atom is -0.449 e. The molecule has 162 valence electrons. The Balaban J connectivity index is 1.63. The van der Waals surface area contributed by atoms with Gasteiger partial charge in [-0.1, -0.05) is 36.3 Å². The maximum absolute atomic E-state index is 12.8. The van der Waals surface area contributed by atoms with Crippen LogP contribution in [0.1, 0.15) is 46.8 Å². The van der Waals surface area contributed by atoms with Crippen molar-refractivity contribution in [2.75, 3.05) is 5.32 Å². The van der Waals surface area contributed by atoms with E-state index < -0.39 is 12.1 Å². The van der Waals surface area contributed by atoms with Crippen molar-refractivity contribution in [1.82, 2.24) is 5.16 Å². The molecule has 0 aliphatic heterocycles. The highest BCUT2D eigenvalue weighted by Crippen LogP contribution is 2.29. The summed E-state index contributed by atoms with van der Waals surface area (Å²) in [6, 6.07) is 14.8. The van der Waals surface area contributed by atoms with E-state index in [-0.39, 0.29) is 5.91 Å². The molecule has 2 aromatic carbocycles. The summed E-state index contributed by atoms with van der Waals surface area (Å²) in [5.41, 5.74) is 4.12. The molecule has 3 rings (SSSR count). The molecule has 6 nitrogen and oxygen atoms in total. The van der Waals surface area contributed by atoms with Crippen molar-refractivity contribution in [1.29, 1.82) is 0 Å². The number of nitrogens with one attached hydrogen (secondary N) is 1. The third-order valence-corrected chi connectivity index (χ3v) is 6.04. The van der Waals surface area contributed by atoms with Gasteiger partial charge in [0.25, 0.3) is 5.91 Å². The third-order valence-electron chi connectivity index (χ3n) is 4.94. The van der Waals surface area contributed by atoms with Crippen molar-refractivity contribution in [3.05, 3.63) is 76.7 Å². The zero-order valence-electron chi connectivity index (χ0n) is 18.1. The summed E-state index contributed by atoms with van der Waals surface area (Å²) in [7, 11) is 0. The molecular formula is C24H26N2O4S. The molecule has 0 fully saturated rings. The molecule has 1 atom stereocenters. The second-order valence-corrected chi connectivity index (χ2v) is 8.19. The SMILES string of the molecule is CCc1ccc(NC(=O)C(C)OC(=O)c2ccccc2SCc2c(C)noc2C)cc1. The Morgan fingerprint density at radius 2 is 1.84 bits per heavy atom. The number of esters is 1. The number of amides is 1. The van der Waals surface area contributed by atoms with Crippen LogP contribution in [0.25, 0.3) is 0 Å². The average molecular weight is 439 g/mol. The van der Waals surface area contributed by atoms with Crippen molar-refractivity contribution < 1.29 is 18.8 Å². The number of aryl methyl sites for hydroxylation is 3. The molecule has 1 N–H and O–H groups in total. The first-order valence-electron chi connectivity index (χ1n) is 10.1. The fraction of sp³-hybridized carbons (Fsp3) is 0.292. The van der Waals surface area contributed by atoms with Gasteiger partial charge in [0.1, 0.15) is 5.76 Å². The third kappa shape index (κ3) is 5.76. The lowest BCUT2D eigenvalue weighted by atomic mass is 10.1. The number of benzene rings is 2. The smallest absolute Gasteiger partial charge is 0.340 e. The molecule has 0 bridgehead atoms. The van der Waals surface area contributed by atoms with E-state index >= 15 is 0 Å². The standard InChI is InChI=1S/C24H26N2O4S/c1-5-18-10-12-19(13-11-18)25-23(27)17(4)29-24(28)20-8-6-7-9-22(20)31-14-21-15(2)26-30-16(21)3/h6-13,17H,5,14H2,1-4H3,(H,25,27). The normalized spacial score (nSPS) is 11.7. The first kappa shape index (κ1) is 22.6. The fourth-order valence-corrected chi connectivity index (χ4v) is 4.16. The average Bonchev–Trinajstić information content (AvgIpc) is 3.10. The van der Waals surface area contributed by atoms with E-state index in [0.29, 0.717) is 17.0 Å². The lowest BCUT2D eigenvalue weighted by molar-refractivity contribution is -0.123. The quantitative estimate of drug-likeness (QED) is 0.378. The van der Waals surface area contributed by atoms with Crippen LogP contribution in [0.5, 0.6) is 0 Å². The minimum atomic E-state index is -0.932. The monoisotopic (exact) mass is 438 g/mol. The molecule has 0 spiro atoms. The number of carbonyl (C=O) groups is 2. The molecular weight excluding hydrogens is 412 g/mol. The van der Waals surface area contributed by atoms with Crippen molar-refractivity contribution in [3.63, 3.8) is 0 Å². The van der Waals surface area contributed by atoms with E-state index in [1.54, 1.807) is 19.1 Å². The Kier molecular flexibility index (Phi) is 7.52. The largest absolute Gasteiger partial charge is 0.449 e. The summed E-state index contributed by atoms with van der Waals surface area (Å²) in [6.07, 6.45) is -0.00501. The van der Waals surface area contributed by atoms with Gasteiger partial charge in [-0.15, -0.1) is 11.8 Å². The molecule has 0 aliphatic rings. The van der Waals surface area contributed by atoms with E-state index in [1.807, 2.05) is 50.2 Å². The van der Waals surface area contributed by atoms with Crippen LogP contribution in [0.4, 0.5) is 5.69 Å². The topological polar surface area (TPSA) is 81.4 Å². The number of rotatable bonds is 8. The summed E-state index contributed by atoms with van der Waals surface area (Å²) in [6.45, 7) is 7.39. The summed E-state index contributed by atoms with van der Waals surface area (Å²) >= 11 is 1.50. The maximum Gasteiger partial charge on any atom is 0.340 e. The Bertz CT molecular complexity index is 1040. The second kappa shape index (κ2) is 10.3. The summed E-state index contributed by atoms with van der Waals surface area (Å²) in [5.74, 6) is 0.474. The molecule has 1 heterocycles. The predicted molar refractivity (Wildman–Crippen MR) is 121 cm³/mol. The Labute approximate surface area is 186 Å². The molecule has 0 saturated carbocycles. The predicted octanol–water partition coefficient (Wildman–Crippen LogP) is 5.33. The summed E-state index contributed by atoms with van der Waals surface area (Å²) in [4.78, 5) is 26.0. The minimum absolute atomic E-state index is 0.376. The van der Waals surface area contributed by atoms with Crippen molar-refractivity contribution in [3.8, 4) is 0 Å². The lowest BCUT2D eigenvalue weighted by Gasteiger charge is -2.15. The Morgan fingerprint density at radius 1 is 1.13 bits per heavy atom. The van der Waals surface area contributed by atoms with Crippen LogP contribution >= 0.6 is 11.8 Å². The zero-order chi connectivity index (χ0) is 22.4. The van der Waals surface area contributed by atoms with Gasteiger partial charge in [0.15, 0.2) is 6.10 Å². The number of aromatic nitrogens is 1. The van der Waals surface area contributed by atoms with Crippen LogP contribution in [0.2, 0.25) is 0 Å². The number of anilines is 1. The first-order chi connectivity index (χ1) is 14.9. The van der Waals surface area contributed by atoms with E-state index in [4.69, 9.17) is 9.26 Å². The van der Waals surface area contributed by atoms with Gasteiger partial charge in [-0.05, 0) is 57.0 Å². The van der Waals surface area contributed by atoms with Crippen LogP contribution in [-0.2, 0) is 21.7 Å². The van der Waals surface area contributed by atoms with Crippen molar-refractivity contribution >= 4 is 29.3 Å². The van der Waals surface area contributed by atoms with Gasteiger partial charge >= 0.3 is 5.97 Å². The highest BCUT2D eigenvalue weighted by Gasteiger charge is 2.21. The first-order valence-corrected chi connectivity index (χ1v) is 11.1. The van der Waals surface area contributed by atoms with Gasteiger partial charge in [0, 0.05) is 21.9 Å². The van der Waals surface area contributed by atoms with Gasteiger partial charge in [-0.3, -0.25) is 4.79 Å². The van der Waals surface area contributed by atoms with Crippen LogP contribution in [0.15, 0.2) is 57.9 Å². The van der Waals surface area contributed by atoms with E-state index in [0.717, 1.165) is 28.3 Å². The van der Waals surface area contributed by atoms with Gasteiger partial charge in [0.05, 0.1) is 11.3 Å². The van der Waals surface area contributed by atoms with E-state index in [1.165, 1.54) is 17.3 Å². The molecule has 0 radical (unpaired) electrons. The van der Waals surface area contributed by atoms with Crippen LogP contribution in [-0.4, -0.2) is 23.1 Å². The highest BCUT2D eigenvalue weighted by atomic mass is 32.2. The summed E-state index contributed by atoms with van der Waals surface area (Å²) < 4.78 is 10.6. The maximum atomic E-state index is 12.8. The molecule has 1 aromatic heterocycles. The van der Waals surface area contributed by atoms with Gasteiger partial charge < -0.3 is 14.6 Å². The van der Waals surface area contributed by atoms with Crippen molar-refractivity contribution in [2.45, 2.75) is 50.9 Å². The highest BCUT2D eigenvalue weighted by molar-refractivity contribution is 7.98. The van der Waals surface area contributed by atoms with Crippen LogP contribution in [0, 0.1) is 13.8 Å². The molecule has 31 heavy (non-hydrogen) atoms. The van der Waals surface area contributed by atoms with Gasteiger partial charge in [-0.25, -0.2) is 4.79 Å². The fourth-order valence-electron chi connectivity index (χ4n) is 2.96. The van der Waals surface area contributed by atoms with Crippen molar-refractivity contribution in [2.24, 2.45) is 0 Å². The second-order valence-electron chi connectivity index (χ2n) is 7.17. The molecule has 1 unspecified atom stereocenters. The van der Waals surface area contributed by atoms with Crippen LogP contribution in [0.3, 0.4) is 0 Å². The zero-order valence-corrected chi connectivity index (χ0v) is 18.9. The number of thioether (sulfide) groups is 1. The number of nitrogens with zero attached hydrogens (tertiary/aromatic N) is 1. The number of hydrogen-bond acceptors (Lipinski definition) is 6. The molecule has 1 amide bonds.